The SMILES string of the molecule is CCCCC(C[Si](C)(C)C)O[Si](C)C. The molecule has 1 nitrogen and oxygen atoms in total. The second kappa shape index (κ2) is 6.80. The molecule has 14 heavy (non-hydrogen) atoms. The Bertz CT molecular complexity index is 141. The molecule has 0 heterocycles. The van der Waals surface area contributed by atoms with Gasteiger partial charge in [0.25, 0.3) is 0 Å². The van der Waals surface area contributed by atoms with Gasteiger partial charge >= 0.3 is 0 Å². The summed E-state index contributed by atoms with van der Waals surface area (Å²) >= 11 is 0. The van der Waals surface area contributed by atoms with Gasteiger partial charge in [-0.2, -0.15) is 0 Å². The van der Waals surface area contributed by atoms with Gasteiger partial charge in [0.05, 0.1) is 0 Å². The van der Waals surface area contributed by atoms with E-state index in [9.17, 15) is 0 Å². The maximum atomic E-state index is 6.06. The summed E-state index contributed by atoms with van der Waals surface area (Å²) in [6.45, 7) is 14.1. The van der Waals surface area contributed by atoms with Crippen molar-refractivity contribution < 1.29 is 4.43 Å². The van der Waals surface area contributed by atoms with Crippen LogP contribution in [-0.2, 0) is 4.43 Å². The Balaban J connectivity index is 3.97. The van der Waals surface area contributed by atoms with Crippen molar-refractivity contribution in [2.45, 2.75) is 71.1 Å². The molecule has 0 aromatic heterocycles. The van der Waals surface area contributed by atoms with E-state index in [1.54, 1.807) is 0 Å². The minimum Gasteiger partial charge on any atom is -0.415 e. The molecule has 0 saturated heterocycles. The van der Waals surface area contributed by atoms with Crippen LogP contribution in [0.25, 0.3) is 0 Å². The lowest BCUT2D eigenvalue weighted by atomic mass is 10.2. The molecule has 0 saturated carbocycles. The molecule has 0 amide bonds. The van der Waals surface area contributed by atoms with E-state index in [0.29, 0.717) is 6.10 Å². The highest BCUT2D eigenvalue weighted by atomic mass is 28.3. The van der Waals surface area contributed by atoms with Crippen LogP contribution in [0.15, 0.2) is 0 Å². The molecule has 1 unspecified atom stereocenters. The monoisotopic (exact) mass is 231 g/mol. The van der Waals surface area contributed by atoms with Gasteiger partial charge in [0.2, 0.25) is 9.04 Å². The molecule has 0 aromatic rings. The van der Waals surface area contributed by atoms with Gasteiger partial charge in [-0.25, -0.2) is 0 Å². The number of hydrogen-bond donors (Lipinski definition) is 0. The average molecular weight is 232 g/mol. The van der Waals surface area contributed by atoms with E-state index in [-0.39, 0.29) is 0 Å². The van der Waals surface area contributed by atoms with Crippen LogP contribution in [0, 0.1) is 0 Å². The lowest BCUT2D eigenvalue weighted by molar-refractivity contribution is 0.209. The average Bonchev–Trinajstić information content (AvgIpc) is 1.96. The van der Waals surface area contributed by atoms with Gasteiger partial charge in [-0.1, -0.05) is 39.4 Å². The quantitative estimate of drug-likeness (QED) is 0.598. The standard InChI is InChI=1S/C11H27OSi2/c1-7-8-9-11(12-13(2)3)10-14(4,5)6/h11H,7-10H2,1-6H3. The summed E-state index contributed by atoms with van der Waals surface area (Å²) in [7, 11) is -1.46. The maximum Gasteiger partial charge on any atom is 0.205 e. The van der Waals surface area contributed by atoms with E-state index in [0.717, 1.165) is 0 Å². The molecule has 0 aliphatic heterocycles. The second-order valence-corrected chi connectivity index (χ2v) is 13.1. The first kappa shape index (κ1) is 14.4. The summed E-state index contributed by atoms with van der Waals surface area (Å²) < 4.78 is 6.06. The van der Waals surface area contributed by atoms with E-state index >= 15 is 0 Å². The first-order chi connectivity index (χ1) is 6.35. The Morgan fingerprint density at radius 3 is 2.14 bits per heavy atom. The van der Waals surface area contributed by atoms with Crippen molar-refractivity contribution in [3.8, 4) is 0 Å². The van der Waals surface area contributed by atoms with Crippen LogP contribution in [0.4, 0.5) is 0 Å². The van der Waals surface area contributed by atoms with E-state index in [2.05, 4.69) is 39.7 Å². The fourth-order valence-corrected chi connectivity index (χ4v) is 4.34. The summed E-state index contributed by atoms with van der Waals surface area (Å²) in [5.74, 6) is 0. The Labute approximate surface area is 93.0 Å². The van der Waals surface area contributed by atoms with Gasteiger partial charge in [-0.15, -0.1) is 0 Å². The zero-order chi connectivity index (χ0) is 11.2. The Hall–Kier alpha value is 0.394. The topological polar surface area (TPSA) is 9.23 Å². The summed E-state index contributed by atoms with van der Waals surface area (Å²) in [6.07, 6.45) is 4.45. The second-order valence-electron chi connectivity index (χ2n) is 5.56. The molecule has 85 valence electrons. The highest BCUT2D eigenvalue weighted by Crippen LogP contribution is 2.19. The fraction of sp³-hybridized carbons (Fsp3) is 1.00. The van der Waals surface area contributed by atoms with Gasteiger partial charge in [0, 0.05) is 14.2 Å². The zero-order valence-corrected chi connectivity index (χ0v) is 12.8. The lowest BCUT2D eigenvalue weighted by Crippen LogP contribution is -2.31. The third-order valence-corrected chi connectivity index (χ3v) is 4.61. The van der Waals surface area contributed by atoms with Gasteiger partial charge in [-0.05, 0) is 25.6 Å². The Morgan fingerprint density at radius 2 is 1.79 bits per heavy atom. The molecule has 0 aliphatic rings. The van der Waals surface area contributed by atoms with Crippen LogP contribution in [0.5, 0.6) is 0 Å². The predicted octanol–water partition coefficient (Wildman–Crippen LogP) is 4.15. The van der Waals surface area contributed by atoms with Crippen LogP contribution >= 0.6 is 0 Å². The van der Waals surface area contributed by atoms with E-state index in [4.69, 9.17) is 4.43 Å². The molecular weight excluding hydrogens is 204 g/mol. The van der Waals surface area contributed by atoms with Crippen LogP contribution in [0.3, 0.4) is 0 Å². The number of hydrogen-bond acceptors (Lipinski definition) is 1. The first-order valence-corrected chi connectivity index (χ1v) is 11.9. The molecular formula is C11H27OSi2. The Morgan fingerprint density at radius 1 is 1.21 bits per heavy atom. The molecule has 1 radical (unpaired) electrons. The van der Waals surface area contributed by atoms with Gasteiger partial charge in [-0.3, -0.25) is 0 Å². The van der Waals surface area contributed by atoms with Crippen molar-refractivity contribution >= 4 is 17.1 Å². The molecule has 0 spiro atoms. The van der Waals surface area contributed by atoms with Crippen molar-refractivity contribution in [1.29, 1.82) is 0 Å². The molecule has 0 rings (SSSR count). The smallest absolute Gasteiger partial charge is 0.205 e. The van der Waals surface area contributed by atoms with Crippen molar-refractivity contribution in [2.75, 3.05) is 0 Å². The fourth-order valence-electron chi connectivity index (χ4n) is 1.65. The molecule has 0 bridgehead atoms. The van der Waals surface area contributed by atoms with Crippen LogP contribution in [0.1, 0.15) is 26.2 Å². The summed E-state index contributed by atoms with van der Waals surface area (Å²) in [6, 6.07) is 1.34. The number of rotatable bonds is 7. The zero-order valence-electron chi connectivity index (χ0n) is 10.8. The summed E-state index contributed by atoms with van der Waals surface area (Å²) in [4.78, 5) is 0. The number of unbranched alkanes of at least 4 members (excludes halogenated alkanes) is 1. The van der Waals surface area contributed by atoms with E-state index < -0.39 is 17.1 Å². The minimum absolute atomic E-state index is 0.513. The van der Waals surface area contributed by atoms with Crippen molar-refractivity contribution in [3.05, 3.63) is 0 Å². The molecule has 3 heteroatoms. The van der Waals surface area contributed by atoms with Gasteiger partial charge in [0.15, 0.2) is 0 Å². The highest BCUT2D eigenvalue weighted by Gasteiger charge is 2.21. The van der Waals surface area contributed by atoms with Crippen molar-refractivity contribution in [3.63, 3.8) is 0 Å². The summed E-state index contributed by atoms with van der Waals surface area (Å²) in [5.41, 5.74) is 0. The van der Waals surface area contributed by atoms with Crippen LogP contribution in [-0.4, -0.2) is 23.2 Å². The largest absolute Gasteiger partial charge is 0.415 e. The van der Waals surface area contributed by atoms with Crippen molar-refractivity contribution in [2.24, 2.45) is 0 Å². The normalized spacial score (nSPS) is 14.8. The molecule has 0 aromatic carbocycles. The third kappa shape index (κ3) is 8.97. The van der Waals surface area contributed by atoms with Gasteiger partial charge < -0.3 is 4.43 Å². The van der Waals surface area contributed by atoms with Gasteiger partial charge in [0.1, 0.15) is 0 Å². The highest BCUT2D eigenvalue weighted by molar-refractivity contribution is 6.76. The molecule has 0 N–H and O–H groups in total. The third-order valence-electron chi connectivity index (χ3n) is 2.12. The maximum absolute atomic E-state index is 6.06. The van der Waals surface area contributed by atoms with E-state index in [1.165, 1.54) is 25.3 Å². The lowest BCUT2D eigenvalue weighted by Gasteiger charge is -2.26. The van der Waals surface area contributed by atoms with Crippen molar-refractivity contribution in [1.82, 2.24) is 0 Å². The predicted molar refractivity (Wildman–Crippen MR) is 70.0 cm³/mol. The van der Waals surface area contributed by atoms with Crippen LogP contribution < -0.4 is 0 Å². The minimum atomic E-state index is -0.946. The molecule has 1 atom stereocenters. The van der Waals surface area contributed by atoms with Crippen LogP contribution in [0.2, 0.25) is 38.8 Å². The van der Waals surface area contributed by atoms with E-state index in [1.807, 2.05) is 0 Å². The molecule has 0 aliphatic carbocycles. The summed E-state index contributed by atoms with van der Waals surface area (Å²) in [5, 5.41) is 0. The first-order valence-electron chi connectivity index (χ1n) is 5.82. The Kier molecular flexibility index (Phi) is 6.99. The molecule has 0 fully saturated rings.